The van der Waals surface area contributed by atoms with Gasteiger partial charge in [0.2, 0.25) is 0 Å². The van der Waals surface area contributed by atoms with Crippen LogP contribution in [0.3, 0.4) is 0 Å². The van der Waals surface area contributed by atoms with Crippen LogP contribution in [-0.2, 0) is 6.54 Å². The zero-order valence-corrected chi connectivity index (χ0v) is 13.3. The van der Waals surface area contributed by atoms with Crippen LogP contribution < -0.4 is 5.73 Å². The first-order chi connectivity index (χ1) is 11.1. The lowest BCUT2D eigenvalue weighted by Gasteiger charge is -2.41. The predicted octanol–water partition coefficient (Wildman–Crippen LogP) is 3.15. The fourth-order valence-electron chi connectivity index (χ4n) is 3.17. The smallest absolute Gasteiger partial charge is 0.254 e. The Hall–Kier alpha value is -2.33. The normalized spacial score (nSPS) is 19.1. The number of nitrogens with zero attached hydrogens (tertiary/aromatic N) is 2. The lowest BCUT2D eigenvalue weighted by Crippen LogP contribution is -2.45. The molecule has 2 heterocycles. The van der Waals surface area contributed by atoms with E-state index in [1.807, 2.05) is 47.4 Å². The highest BCUT2D eigenvalue weighted by molar-refractivity contribution is 6.30. The van der Waals surface area contributed by atoms with Crippen molar-refractivity contribution in [2.45, 2.75) is 19.0 Å². The minimum atomic E-state index is 0.0405. The average molecular weight is 326 g/mol. The van der Waals surface area contributed by atoms with Gasteiger partial charge >= 0.3 is 0 Å². The Labute approximate surface area is 139 Å². The van der Waals surface area contributed by atoms with E-state index in [4.69, 9.17) is 17.3 Å². The quantitative estimate of drug-likeness (QED) is 0.922. The third kappa shape index (κ3) is 2.39. The number of benzene rings is 2. The van der Waals surface area contributed by atoms with Gasteiger partial charge in [-0.15, -0.1) is 0 Å². The number of likely N-dealkylation sites (tertiary alicyclic amines) is 1. The van der Waals surface area contributed by atoms with Crippen molar-refractivity contribution < 1.29 is 4.79 Å². The summed E-state index contributed by atoms with van der Waals surface area (Å²) in [5.41, 5.74) is 9.64. The molecule has 0 saturated carbocycles. The molecule has 0 aromatic heterocycles. The molecular formula is C18H16ClN3O. The van der Waals surface area contributed by atoms with E-state index in [2.05, 4.69) is 4.99 Å². The molecule has 2 aromatic rings. The molecule has 23 heavy (non-hydrogen) atoms. The number of aliphatic imine (C=N–C) groups is 1. The van der Waals surface area contributed by atoms with Crippen LogP contribution in [-0.4, -0.2) is 23.2 Å². The summed E-state index contributed by atoms with van der Waals surface area (Å²) in [7, 11) is 0. The van der Waals surface area contributed by atoms with Crippen molar-refractivity contribution in [1.29, 1.82) is 0 Å². The van der Waals surface area contributed by atoms with E-state index in [-0.39, 0.29) is 11.9 Å². The summed E-state index contributed by atoms with van der Waals surface area (Å²) in [6, 6.07) is 13.5. The Kier molecular flexibility index (Phi) is 3.34. The van der Waals surface area contributed by atoms with E-state index < -0.39 is 0 Å². The van der Waals surface area contributed by atoms with Gasteiger partial charge in [0.05, 0.1) is 12.6 Å². The minimum Gasteiger partial charge on any atom is -0.383 e. The Morgan fingerprint density at radius 2 is 2.00 bits per heavy atom. The second-order valence-electron chi connectivity index (χ2n) is 5.93. The molecule has 2 aliphatic heterocycles. The first-order valence-corrected chi connectivity index (χ1v) is 8.01. The van der Waals surface area contributed by atoms with Gasteiger partial charge in [0.25, 0.3) is 5.91 Å². The van der Waals surface area contributed by atoms with Crippen molar-refractivity contribution in [1.82, 2.24) is 4.90 Å². The summed E-state index contributed by atoms with van der Waals surface area (Å²) in [5, 5.41) is 0.708. The van der Waals surface area contributed by atoms with Crippen molar-refractivity contribution in [2.24, 2.45) is 10.7 Å². The molecule has 2 N–H and O–H groups in total. The van der Waals surface area contributed by atoms with Crippen LogP contribution in [0.4, 0.5) is 0 Å². The van der Waals surface area contributed by atoms with Crippen molar-refractivity contribution in [2.75, 3.05) is 6.54 Å². The molecule has 0 spiro atoms. The molecule has 0 aliphatic carbocycles. The summed E-state index contributed by atoms with van der Waals surface area (Å²) in [6.45, 7) is 1.37. The molecule has 1 saturated heterocycles. The molecule has 5 heteroatoms. The SMILES string of the molecule is NC1=NCc2ccc(C(=O)N3CCC3c3ccc(Cl)cc3)cc21. The number of nitrogens with two attached hydrogens (primary N) is 1. The molecule has 1 unspecified atom stereocenters. The highest BCUT2D eigenvalue weighted by Crippen LogP contribution is 2.35. The number of hydrogen-bond donors (Lipinski definition) is 1. The summed E-state index contributed by atoms with van der Waals surface area (Å²) in [6.07, 6.45) is 0.974. The maximum atomic E-state index is 12.8. The Balaban J connectivity index is 1.59. The van der Waals surface area contributed by atoms with E-state index in [1.54, 1.807) is 0 Å². The van der Waals surface area contributed by atoms with Crippen LogP contribution in [0.5, 0.6) is 0 Å². The number of carbonyl (C=O) groups excluding carboxylic acids is 1. The number of hydrogen-bond acceptors (Lipinski definition) is 3. The van der Waals surface area contributed by atoms with Crippen molar-refractivity contribution >= 4 is 23.3 Å². The molecule has 4 nitrogen and oxygen atoms in total. The molecule has 2 aliphatic rings. The van der Waals surface area contributed by atoms with Crippen LogP contribution in [0.2, 0.25) is 5.02 Å². The van der Waals surface area contributed by atoms with Gasteiger partial charge in [-0.1, -0.05) is 29.8 Å². The van der Waals surface area contributed by atoms with Gasteiger partial charge in [-0.25, -0.2) is 0 Å². The number of amidine groups is 1. The lowest BCUT2D eigenvalue weighted by atomic mass is 9.93. The van der Waals surface area contributed by atoms with Crippen LogP contribution in [0.25, 0.3) is 0 Å². The molecule has 1 fully saturated rings. The van der Waals surface area contributed by atoms with Gasteiger partial charge in [-0.05, 0) is 41.8 Å². The zero-order chi connectivity index (χ0) is 16.0. The topological polar surface area (TPSA) is 58.7 Å². The predicted molar refractivity (Wildman–Crippen MR) is 90.7 cm³/mol. The van der Waals surface area contributed by atoms with Crippen molar-refractivity contribution in [3.05, 3.63) is 69.7 Å². The van der Waals surface area contributed by atoms with Gasteiger partial charge < -0.3 is 10.6 Å². The maximum Gasteiger partial charge on any atom is 0.254 e. The molecule has 116 valence electrons. The number of amides is 1. The fraction of sp³-hybridized carbons (Fsp3) is 0.222. The highest BCUT2D eigenvalue weighted by atomic mass is 35.5. The Morgan fingerprint density at radius 1 is 1.22 bits per heavy atom. The third-order valence-electron chi connectivity index (χ3n) is 4.59. The molecule has 1 amide bonds. The largest absolute Gasteiger partial charge is 0.383 e. The van der Waals surface area contributed by atoms with Crippen molar-refractivity contribution in [3.63, 3.8) is 0 Å². The van der Waals surface area contributed by atoms with Gasteiger partial charge in [0.1, 0.15) is 5.84 Å². The van der Waals surface area contributed by atoms with Crippen molar-refractivity contribution in [3.8, 4) is 0 Å². The van der Waals surface area contributed by atoms with Gasteiger partial charge in [0, 0.05) is 22.7 Å². The number of fused-ring (bicyclic) bond motifs is 1. The van der Waals surface area contributed by atoms with E-state index in [0.29, 0.717) is 23.0 Å². The summed E-state index contributed by atoms with van der Waals surface area (Å²) < 4.78 is 0. The molecular weight excluding hydrogens is 310 g/mol. The van der Waals surface area contributed by atoms with Gasteiger partial charge in [-0.3, -0.25) is 9.79 Å². The molecule has 0 radical (unpaired) electrons. The van der Waals surface area contributed by atoms with E-state index >= 15 is 0 Å². The van der Waals surface area contributed by atoms with Crippen LogP contribution in [0.1, 0.15) is 39.5 Å². The second-order valence-corrected chi connectivity index (χ2v) is 6.36. The molecule has 1 atom stereocenters. The van der Waals surface area contributed by atoms with Gasteiger partial charge in [-0.2, -0.15) is 0 Å². The van der Waals surface area contributed by atoms with E-state index in [1.165, 1.54) is 0 Å². The molecule has 4 rings (SSSR count). The first-order valence-electron chi connectivity index (χ1n) is 7.63. The van der Waals surface area contributed by atoms with Crippen LogP contribution in [0, 0.1) is 0 Å². The monoisotopic (exact) mass is 325 g/mol. The summed E-state index contributed by atoms with van der Waals surface area (Å²) in [5.74, 6) is 0.561. The summed E-state index contributed by atoms with van der Waals surface area (Å²) >= 11 is 5.94. The second kappa shape index (κ2) is 5.39. The standard InChI is InChI=1S/C18H16ClN3O/c19-14-5-3-11(4-6-14)16-7-8-22(16)18(23)12-1-2-13-10-21-17(20)15(13)9-12/h1-6,9,16H,7-8,10H2,(H2,20,21). The third-order valence-corrected chi connectivity index (χ3v) is 4.84. The zero-order valence-electron chi connectivity index (χ0n) is 12.5. The van der Waals surface area contributed by atoms with Crippen LogP contribution >= 0.6 is 11.6 Å². The lowest BCUT2D eigenvalue weighted by molar-refractivity contribution is 0.0460. The summed E-state index contributed by atoms with van der Waals surface area (Å²) in [4.78, 5) is 18.9. The Morgan fingerprint density at radius 3 is 2.70 bits per heavy atom. The highest BCUT2D eigenvalue weighted by Gasteiger charge is 2.34. The molecule has 2 aromatic carbocycles. The van der Waals surface area contributed by atoms with Crippen LogP contribution in [0.15, 0.2) is 47.5 Å². The fourth-order valence-corrected chi connectivity index (χ4v) is 3.30. The first kappa shape index (κ1) is 14.3. The average Bonchev–Trinajstić information content (AvgIpc) is 2.89. The number of halogens is 1. The maximum absolute atomic E-state index is 12.8. The van der Waals surface area contributed by atoms with E-state index in [0.717, 1.165) is 29.7 Å². The number of carbonyl (C=O) groups is 1. The van der Waals surface area contributed by atoms with Gasteiger partial charge in [0.15, 0.2) is 0 Å². The van der Waals surface area contributed by atoms with E-state index in [9.17, 15) is 4.79 Å². The minimum absolute atomic E-state index is 0.0405. The Bertz CT molecular complexity index is 814. The molecule has 0 bridgehead atoms. The number of rotatable bonds is 2.